The number of amides is 1. The molecule has 4 nitrogen and oxygen atoms in total. The van der Waals surface area contributed by atoms with Crippen LogP contribution in [0.25, 0.3) is 0 Å². The van der Waals surface area contributed by atoms with E-state index in [2.05, 4.69) is 17.6 Å². The Balaban J connectivity index is 1.97. The van der Waals surface area contributed by atoms with Crippen molar-refractivity contribution in [2.24, 2.45) is 11.8 Å². The van der Waals surface area contributed by atoms with Gasteiger partial charge in [0, 0.05) is 12.5 Å². The van der Waals surface area contributed by atoms with E-state index in [1.807, 2.05) is 13.8 Å². The lowest BCUT2D eigenvalue weighted by molar-refractivity contribution is -0.117. The molecular weight excluding hydrogens is 295 g/mol. The van der Waals surface area contributed by atoms with Crippen LogP contribution in [0.4, 0.5) is 10.1 Å². The summed E-state index contributed by atoms with van der Waals surface area (Å²) in [6, 6.07) is 4.20. The minimum Gasteiger partial charge on any atom is -0.489 e. The normalized spacial score (nSPS) is 19.4. The first-order valence-electron chi connectivity index (χ1n) is 8.42. The zero-order valence-corrected chi connectivity index (χ0v) is 14.2. The molecule has 1 aliphatic heterocycles. The Bertz CT molecular complexity index is 528. The van der Waals surface area contributed by atoms with Gasteiger partial charge in [0.1, 0.15) is 11.6 Å². The van der Waals surface area contributed by atoms with E-state index in [0.29, 0.717) is 29.7 Å². The molecule has 2 rings (SSSR count). The molecule has 0 saturated carbocycles. The number of ether oxygens (including phenoxy) is 1. The number of piperidine rings is 1. The van der Waals surface area contributed by atoms with E-state index in [0.717, 1.165) is 25.9 Å². The van der Waals surface area contributed by atoms with E-state index in [1.54, 1.807) is 6.07 Å². The molecule has 0 spiro atoms. The van der Waals surface area contributed by atoms with Crippen LogP contribution in [0.2, 0.25) is 0 Å². The molecule has 1 amide bonds. The molecule has 1 saturated heterocycles. The Morgan fingerprint density at radius 2 is 2.22 bits per heavy atom. The molecule has 1 aliphatic rings. The maximum atomic E-state index is 13.5. The van der Waals surface area contributed by atoms with Gasteiger partial charge >= 0.3 is 0 Å². The topological polar surface area (TPSA) is 50.4 Å². The van der Waals surface area contributed by atoms with Gasteiger partial charge in [-0.05, 0) is 63.7 Å². The largest absolute Gasteiger partial charge is 0.489 e. The maximum absolute atomic E-state index is 13.5. The van der Waals surface area contributed by atoms with Gasteiger partial charge in [0.2, 0.25) is 5.91 Å². The van der Waals surface area contributed by atoms with Gasteiger partial charge < -0.3 is 15.4 Å². The average molecular weight is 322 g/mol. The number of hydrogen-bond acceptors (Lipinski definition) is 3. The standard InChI is InChI=1S/C18H27FN2O2/c1-12(2)23-17-7-6-15(19)10-16(17)21-18(22)9-13(3)14-5-4-8-20-11-14/h6-7,10,12-14,20H,4-5,8-9,11H2,1-3H3,(H,21,22). The van der Waals surface area contributed by atoms with Crippen molar-refractivity contribution < 1.29 is 13.9 Å². The fourth-order valence-electron chi connectivity index (χ4n) is 2.98. The third-order valence-corrected chi connectivity index (χ3v) is 4.23. The highest BCUT2D eigenvalue weighted by Crippen LogP contribution is 2.28. The molecule has 0 bridgehead atoms. The molecule has 2 N–H and O–H groups in total. The summed E-state index contributed by atoms with van der Waals surface area (Å²) in [4.78, 5) is 12.3. The van der Waals surface area contributed by atoms with Crippen molar-refractivity contribution >= 4 is 11.6 Å². The van der Waals surface area contributed by atoms with Gasteiger partial charge in [0.15, 0.2) is 0 Å². The quantitative estimate of drug-likeness (QED) is 0.842. The van der Waals surface area contributed by atoms with Gasteiger partial charge in [0.25, 0.3) is 0 Å². The van der Waals surface area contributed by atoms with E-state index < -0.39 is 0 Å². The van der Waals surface area contributed by atoms with Crippen molar-refractivity contribution in [2.75, 3.05) is 18.4 Å². The Morgan fingerprint density at radius 3 is 2.87 bits per heavy atom. The lowest BCUT2D eigenvalue weighted by Crippen LogP contribution is -2.34. The third kappa shape index (κ3) is 5.50. The van der Waals surface area contributed by atoms with Crippen molar-refractivity contribution in [2.45, 2.75) is 46.1 Å². The molecule has 1 heterocycles. The second-order valence-electron chi connectivity index (χ2n) is 6.64. The smallest absolute Gasteiger partial charge is 0.224 e. The van der Waals surface area contributed by atoms with Crippen LogP contribution < -0.4 is 15.4 Å². The van der Waals surface area contributed by atoms with Crippen LogP contribution in [0.3, 0.4) is 0 Å². The zero-order chi connectivity index (χ0) is 16.8. The number of nitrogens with one attached hydrogen (secondary N) is 2. The number of carbonyl (C=O) groups excluding carboxylic acids is 1. The lowest BCUT2D eigenvalue weighted by atomic mass is 9.85. The number of rotatable bonds is 6. The molecule has 23 heavy (non-hydrogen) atoms. The van der Waals surface area contributed by atoms with Crippen LogP contribution >= 0.6 is 0 Å². The molecule has 1 fully saturated rings. The summed E-state index contributed by atoms with van der Waals surface area (Å²) >= 11 is 0. The Hall–Kier alpha value is -1.62. The van der Waals surface area contributed by atoms with E-state index in [-0.39, 0.29) is 17.8 Å². The maximum Gasteiger partial charge on any atom is 0.224 e. The molecule has 0 aliphatic carbocycles. The molecule has 5 heteroatoms. The minimum atomic E-state index is -0.388. The SMILES string of the molecule is CC(C)Oc1ccc(F)cc1NC(=O)CC(C)C1CCCNC1. The van der Waals surface area contributed by atoms with Crippen LogP contribution in [0.1, 0.15) is 40.0 Å². The summed E-state index contributed by atoms with van der Waals surface area (Å²) in [5.41, 5.74) is 0.401. The minimum absolute atomic E-state index is 0.0386. The van der Waals surface area contributed by atoms with Gasteiger partial charge in [-0.25, -0.2) is 4.39 Å². The first kappa shape index (κ1) is 17.7. The van der Waals surface area contributed by atoms with Crippen LogP contribution in [-0.4, -0.2) is 25.1 Å². The van der Waals surface area contributed by atoms with E-state index >= 15 is 0 Å². The van der Waals surface area contributed by atoms with Gasteiger partial charge in [-0.15, -0.1) is 0 Å². The van der Waals surface area contributed by atoms with Crippen molar-refractivity contribution in [3.05, 3.63) is 24.0 Å². The first-order valence-corrected chi connectivity index (χ1v) is 8.42. The van der Waals surface area contributed by atoms with E-state index in [1.165, 1.54) is 12.1 Å². The van der Waals surface area contributed by atoms with Gasteiger partial charge in [-0.1, -0.05) is 6.92 Å². The van der Waals surface area contributed by atoms with Crippen LogP contribution in [0.5, 0.6) is 5.75 Å². The van der Waals surface area contributed by atoms with Gasteiger partial charge in [0.05, 0.1) is 11.8 Å². The fraction of sp³-hybridized carbons (Fsp3) is 0.611. The second kappa shape index (κ2) is 8.29. The summed E-state index contributed by atoms with van der Waals surface area (Å²) < 4.78 is 19.1. The number of benzene rings is 1. The number of halogens is 1. The molecule has 0 radical (unpaired) electrons. The summed E-state index contributed by atoms with van der Waals surface area (Å²) in [6.45, 7) is 7.93. The Kier molecular flexibility index (Phi) is 6.39. The summed E-state index contributed by atoms with van der Waals surface area (Å²) in [5.74, 6) is 0.837. The predicted molar refractivity (Wildman–Crippen MR) is 90.2 cm³/mol. The second-order valence-corrected chi connectivity index (χ2v) is 6.64. The van der Waals surface area contributed by atoms with Crippen molar-refractivity contribution in [3.63, 3.8) is 0 Å². The van der Waals surface area contributed by atoms with Crippen LogP contribution in [0, 0.1) is 17.7 Å². The van der Waals surface area contributed by atoms with Gasteiger partial charge in [-0.3, -0.25) is 4.79 Å². The average Bonchev–Trinajstić information content (AvgIpc) is 2.50. The number of anilines is 1. The molecular formula is C18H27FN2O2. The molecule has 128 valence electrons. The van der Waals surface area contributed by atoms with Crippen molar-refractivity contribution in [1.82, 2.24) is 5.32 Å². The highest BCUT2D eigenvalue weighted by atomic mass is 19.1. The molecule has 0 aromatic heterocycles. The molecule has 2 unspecified atom stereocenters. The Labute approximate surface area is 137 Å². The molecule has 1 aromatic carbocycles. The lowest BCUT2D eigenvalue weighted by Gasteiger charge is -2.28. The van der Waals surface area contributed by atoms with Crippen molar-refractivity contribution in [1.29, 1.82) is 0 Å². The zero-order valence-electron chi connectivity index (χ0n) is 14.2. The molecule has 1 aromatic rings. The summed E-state index contributed by atoms with van der Waals surface area (Å²) in [7, 11) is 0. The predicted octanol–water partition coefficient (Wildman–Crippen LogP) is 3.58. The van der Waals surface area contributed by atoms with Crippen LogP contribution in [-0.2, 0) is 4.79 Å². The summed E-state index contributed by atoms with van der Waals surface area (Å²) in [6.07, 6.45) is 2.71. The van der Waals surface area contributed by atoms with Crippen molar-refractivity contribution in [3.8, 4) is 5.75 Å². The molecule has 2 atom stereocenters. The number of carbonyl (C=O) groups is 1. The highest BCUT2D eigenvalue weighted by molar-refractivity contribution is 5.92. The fourth-order valence-corrected chi connectivity index (χ4v) is 2.98. The number of hydrogen-bond donors (Lipinski definition) is 2. The monoisotopic (exact) mass is 322 g/mol. The first-order chi connectivity index (χ1) is 11.0. The Morgan fingerprint density at radius 1 is 1.43 bits per heavy atom. The summed E-state index contributed by atoms with van der Waals surface area (Å²) in [5, 5.41) is 6.18. The van der Waals surface area contributed by atoms with E-state index in [4.69, 9.17) is 4.74 Å². The van der Waals surface area contributed by atoms with Crippen LogP contribution in [0.15, 0.2) is 18.2 Å². The third-order valence-electron chi connectivity index (χ3n) is 4.23. The van der Waals surface area contributed by atoms with E-state index in [9.17, 15) is 9.18 Å². The highest BCUT2D eigenvalue weighted by Gasteiger charge is 2.22. The van der Waals surface area contributed by atoms with Gasteiger partial charge in [-0.2, -0.15) is 0 Å².